The van der Waals surface area contributed by atoms with Crippen LogP contribution in [0.1, 0.15) is 29.3 Å². The van der Waals surface area contributed by atoms with Crippen molar-refractivity contribution in [1.82, 2.24) is 0 Å². The molecule has 1 unspecified atom stereocenters. The quantitative estimate of drug-likeness (QED) is 0.636. The number of hydrogen-bond donors (Lipinski definition) is 1. The molecule has 1 N–H and O–H groups in total. The average Bonchev–Trinajstić information content (AvgIpc) is 2.34. The molecule has 0 aromatic heterocycles. The Hall–Kier alpha value is -1.27. The number of halogens is 1. The van der Waals surface area contributed by atoms with Gasteiger partial charge in [0.15, 0.2) is 11.0 Å². The lowest BCUT2D eigenvalue weighted by Gasteiger charge is -2.11. The summed E-state index contributed by atoms with van der Waals surface area (Å²) in [5.41, 5.74) is 1.16. The molecule has 1 atom stereocenters. The summed E-state index contributed by atoms with van der Waals surface area (Å²) in [5.74, 6) is -0.780. The standard InChI is InChI=1S/C12H15FO4S/c1-2-9-3-5-10(6-4-9)12(14)11(7-8-13)18(15,16)17/h3-6,11H,2,7-8H2,1H3,(H,15,16,17). The van der Waals surface area contributed by atoms with Crippen molar-refractivity contribution in [2.75, 3.05) is 6.67 Å². The first kappa shape index (κ1) is 14.8. The van der Waals surface area contributed by atoms with E-state index in [-0.39, 0.29) is 5.56 Å². The molecule has 0 spiro atoms. The number of aryl methyl sites for hydroxylation is 1. The molecule has 1 aromatic carbocycles. The molecule has 0 bridgehead atoms. The first-order valence-corrected chi connectivity index (χ1v) is 7.06. The van der Waals surface area contributed by atoms with Crippen LogP contribution in [0.2, 0.25) is 0 Å². The summed E-state index contributed by atoms with van der Waals surface area (Å²) < 4.78 is 43.2. The summed E-state index contributed by atoms with van der Waals surface area (Å²) in [7, 11) is -4.58. The summed E-state index contributed by atoms with van der Waals surface area (Å²) >= 11 is 0. The fourth-order valence-corrected chi connectivity index (χ4v) is 2.40. The lowest BCUT2D eigenvalue weighted by atomic mass is 10.0. The fraction of sp³-hybridized carbons (Fsp3) is 0.417. The van der Waals surface area contributed by atoms with Crippen molar-refractivity contribution in [3.05, 3.63) is 35.4 Å². The minimum atomic E-state index is -4.58. The van der Waals surface area contributed by atoms with Gasteiger partial charge in [0.2, 0.25) is 0 Å². The van der Waals surface area contributed by atoms with Crippen LogP contribution in [0, 0.1) is 0 Å². The van der Waals surface area contributed by atoms with Crippen LogP contribution in [-0.4, -0.2) is 30.7 Å². The number of carbonyl (C=O) groups is 1. The Morgan fingerprint density at radius 2 is 1.89 bits per heavy atom. The number of alkyl halides is 1. The van der Waals surface area contributed by atoms with Crippen molar-refractivity contribution in [1.29, 1.82) is 0 Å². The third kappa shape index (κ3) is 3.61. The van der Waals surface area contributed by atoms with E-state index in [2.05, 4.69) is 0 Å². The van der Waals surface area contributed by atoms with Crippen molar-refractivity contribution in [3.8, 4) is 0 Å². The van der Waals surface area contributed by atoms with Gasteiger partial charge in [-0.1, -0.05) is 31.2 Å². The SMILES string of the molecule is CCc1ccc(C(=O)C(CCF)S(=O)(=O)O)cc1. The molecule has 0 aliphatic carbocycles. The van der Waals surface area contributed by atoms with E-state index in [9.17, 15) is 17.6 Å². The van der Waals surface area contributed by atoms with E-state index >= 15 is 0 Å². The van der Waals surface area contributed by atoms with Gasteiger partial charge >= 0.3 is 0 Å². The summed E-state index contributed by atoms with van der Waals surface area (Å²) in [4.78, 5) is 11.9. The molecule has 100 valence electrons. The molecule has 0 radical (unpaired) electrons. The molecule has 4 nitrogen and oxygen atoms in total. The highest BCUT2D eigenvalue weighted by atomic mass is 32.2. The molecule has 18 heavy (non-hydrogen) atoms. The van der Waals surface area contributed by atoms with Gasteiger partial charge in [0.1, 0.15) is 0 Å². The largest absolute Gasteiger partial charge is 0.293 e. The van der Waals surface area contributed by atoms with Crippen LogP contribution >= 0.6 is 0 Å². The minimum Gasteiger partial charge on any atom is -0.293 e. The van der Waals surface area contributed by atoms with Crippen molar-refractivity contribution in [2.24, 2.45) is 0 Å². The molecular formula is C12H15FO4S. The van der Waals surface area contributed by atoms with Gasteiger partial charge in [0.05, 0.1) is 6.67 Å². The Kier molecular flexibility index (Phi) is 4.98. The van der Waals surface area contributed by atoms with Crippen LogP contribution in [0.4, 0.5) is 4.39 Å². The second kappa shape index (κ2) is 6.06. The molecule has 0 saturated heterocycles. The van der Waals surface area contributed by atoms with Gasteiger partial charge in [0.25, 0.3) is 10.1 Å². The van der Waals surface area contributed by atoms with Gasteiger partial charge in [-0.15, -0.1) is 0 Å². The third-order valence-corrected chi connectivity index (χ3v) is 3.84. The zero-order valence-corrected chi connectivity index (χ0v) is 10.8. The lowest BCUT2D eigenvalue weighted by Crippen LogP contribution is -2.30. The zero-order valence-electron chi connectivity index (χ0n) is 9.97. The topological polar surface area (TPSA) is 71.4 Å². The van der Waals surface area contributed by atoms with Gasteiger partial charge in [-0.25, -0.2) is 0 Å². The van der Waals surface area contributed by atoms with Gasteiger partial charge in [0, 0.05) is 12.0 Å². The Morgan fingerprint density at radius 3 is 2.28 bits per heavy atom. The van der Waals surface area contributed by atoms with Crippen LogP contribution in [0.5, 0.6) is 0 Å². The number of hydrogen-bond acceptors (Lipinski definition) is 3. The maximum atomic E-state index is 12.2. The van der Waals surface area contributed by atoms with E-state index in [0.717, 1.165) is 12.0 Å². The number of Topliss-reactive ketones (excluding diaryl/α,β-unsaturated/α-hetero) is 1. The predicted octanol–water partition coefficient (Wildman–Crippen LogP) is 2.05. The number of carbonyl (C=O) groups excluding carboxylic acids is 1. The molecule has 1 rings (SSSR count). The van der Waals surface area contributed by atoms with Gasteiger partial charge in [-0.05, 0) is 12.0 Å². The lowest BCUT2D eigenvalue weighted by molar-refractivity contribution is 0.0978. The van der Waals surface area contributed by atoms with Gasteiger partial charge in [-0.2, -0.15) is 8.42 Å². The number of ketones is 1. The maximum absolute atomic E-state index is 12.2. The number of rotatable bonds is 6. The van der Waals surface area contributed by atoms with Crippen molar-refractivity contribution >= 4 is 15.9 Å². The second-order valence-electron chi connectivity index (χ2n) is 3.90. The van der Waals surface area contributed by atoms with E-state index in [1.807, 2.05) is 6.92 Å². The molecule has 0 saturated carbocycles. The minimum absolute atomic E-state index is 0.156. The van der Waals surface area contributed by atoms with Crippen LogP contribution in [0.3, 0.4) is 0 Å². The van der Waals surface area contributed by atoms with Crippen LogP contribution in [0.25, 0.3) is 0 Å². The van der Waals surface area contributed by atoms with Crippen molar-refractivity contribution < 1.29 is 22.2 Å². The Bertz CT molecular complexity index is 507. The predicted molar refractivity (Wildman–Crippen MR) is 66.1 cm³/mol. The zero-order chi connectivity index (χ0) is 13.8. The summed E-state index contributed by atoms with van der Waals surface area (Å²) in [6.45, 7) is 0.962. The molecule has 0 amide bonds. The average molecular weight is 274 g/mol. The summed E-state index contributed by atoms with van der Waals surface area (Å²) in [6, 6.07) is 6.36. The first-order chi connectivity index (χ1) is 8.40. The Labute approximate surface area is 106 Å². The van der Waals surface area contributed by atoms with E-state index in [1.165, 1.54) is 12.1 Å². The highest BCUT2D eigenvalue weighted by Gasteiger charge is 2.31. The summed E-state index contributed by atoms with van der Waals surface area (Å²) in [5, 5.41) is -1.73. The molecule has 1 aromatic rings. The van der Waals surface area contributed by atoms with E-state index < -0.39 is 34.2 Å². The van der Waals surface area contributed by atoms with Crippen LogP contribution in [0.15, 0.2) is 24.3 Å². The van der Waals surface area contributed by atoms with Gasteiger partial charge < -0.3 is 0 Å². The maximum Gasteiger partial charge on any atom is 0.275 e. The van der Waals surface area contributed by atoms with Crippen LogP contribution in [-0.2, 0) is 16.5 Å². The monoisotopic (exact) mass is 274 g/mol. The second-order valence-corrected chi connectivity index (χ2v) is 5.49. The van der Waals surface area contributed by atoms with E-state index in [1.54, 1.807) is 12.1 Å². The molecule has 0 heterocycles. The molecule has 6 heteroatoms. The van der Waals surface area contributed by atoms with Crippen molar-refractivity contribution in [3.63, 3.8) is 0 Å². The molecule has 0 fully saturated rings. The fourth-order valence-electron chi connectivity index (χ4n) is 1.60. The van der Waals surface area contributed by atoms with E-state index in [0.29, 0.717) is 0 Å². The smallest absolute Gasteiger partial charge is 0.275 e. The number of benzene rings is 1. The first-order valence-electron chi connectivity index (χ1n) is 5.55. The Balaban J connectivity index is 3.02. The highest BCUT2D eigenvalue weighted by Crippen LogP contribution is 2.14. The molecule has 0 aliphatic heterocycles. The van der Waals surface area contributed by atoms with Gasteiger partial charge in [-0.3, -0.25) is 13.7 Å². The molecular weight excluding hydrogens is 259 g/mol. The molecule has 0 aliphatic rings. The normalized spacial score (nSPS) is 13.3. The van der Waals surface area contributed by atoms with Crippen LogP contribution < -0.4 is 0 Å². The Morgan fingerprint density at radius 1 is 1.33 bits per heavy atom. The highest BCUT2D eigenvalue weighted by molar-refractivity contribution is 7.87. The summed E-state index contributed by atoms with van der Waals surface area (Å²) in [6.07, 6.45) is 0.258. The van der Waals surface area contributed by atoms with Crippen molar-refractivity contribution in [2.45, 2.75) is 25.0 Å². The third-order valence-electron chi connectivity index (χ3n) is 2.67. The van der Waals surface area contributed by atoms with E-state index in [4.69, 9.17) is 4.55 Å².